The number of ether oxygens (including phenoxy) is 6. The number of methoxy groups -OCH3 is 1. The van der Waals surface area contributed by atoms with Crippen molar-refractivity contribution in [1.29, 1.82) is 0 Å². The molecule has 2 heterocycles. The lowest BCUT2D eigenvalue weighted by atomic mass is 9.76. The summed E-state index contributed by atoms with van der Waals surface area (Å²) in [6.07, 6.45) is 13.7. The quantitative estimate of drug-likeness (QED) is 0.0403. The third-order valence-corrected chi connectivity index (χ3v) is 16.0. The van der Waals surface area contributed by atoms with Gasteiger partial charge in [-0.3, -0.25) is 9.35 Å². The molecule has 2 atom stereocenters. The van der Waals surface area contributed by atoms with E-state index >= 15 is 0 Å². The highest BCUT2D eigenvalue weighted by atomic mass is 32.2. The average Bonchev–Trinajstić information content (AvgIpc) is 3.70. The van der Waals surface area contributed by atoms with Crippen LogP contribution >= 0.6 is 0 Å². The van der Waals surface area contributed by atoms with E-state index in [1.165, 1.54) is 24.3 Å². The minimum absolute atomic E-state index is 0.00123. The topological polar surface area (TPSA) is 325 Å². The number of rotatable bonds is 38. The van der Waals surface area contributed by atoms with Crippen molar-refractivity contribution < 1.29 is 94.8 Å². The number of anilines is 1. The van der Waals surface area contributed by atoms with Crippen molar-refractivity contribution in [1.82, 2.24) is 0 Å². The van der Waals surface area contributed by atoms with Crippen LogP contribution in [0, 0.1) is 0 Å². The van der Waals surface area contributed by atoms with Gasteiger partial charge < -0.3 is 52.1 Å². The zero-order valence-electron chi connectivity index (χ0n) is 43.0. The van der Waals surface area contributed by atoms with Crippen LogP contribution in [0.2, 0.25) is 0 Å². The first-order valence-electron chi connectivity index (χ1n) is 24.7. The Morgan fingerprint density at radius 3 is 1.72 bits per heavy atom. The summed E-state index contributed by atoms with van der Waals surface area (Å²) in [6, 6.07) is 7.92. The second kappa shape index (κ2) is 30.2. The summed E-state index contributed by atoms with van der Waals surface area (Å²) in [5, 5.41) is 9.21. The van der Waals surface area contributed by atoms with Crippen molar-refractivity contribution in [2.45, 2.75) is 85.8 Å². The lowest BCUT2D eigenvalue weighted by Gasteiger charge is -2.30. The minimum atomic E-state index is -4.94. The number of fused-ring (bicyclic) bond motifs is 2. The molecular weight excluding hydrogens is 1080 g/mol. The predicted molar refractivity (Wildman–Crippen MR) is 278 cm³/mol. The van der Waals surface area contributed by atoms with E-state index in [0.29, 0.717) is 113 Å². The Hall–Kier alpha value is -4.26. The van der Waals surface area contributed by atoms with Crippen LogP contribution in [0.3, 0.4) is 0 Å². The van der Waals surface area contributed by atoms with Gasteiger partial charge >= 0.3 is 5.97 Å². The van der Waals surface area contributed by atoms with E-state index in [-0.39, 0.29) is 52.0 Å². The van der Waals surface area contributed by atoms with E-state index in [1.807, 2.05) is 17.9 Å². The van der Waals surface area contributed by atoms with Crippen LogP contribution < -0.4 is 4.90 Å². The van der Waals surface area contributed by atoms with Gasteiger partial charge in [-0.15, -0.1) is 0 Å². The third kappa shape index (κ3) is 20.5. The lowest BCUT2D eigenvalue weighted by Crippen LogP contribution is -2.32. The van der Waals surface area contributed by atoms with Crippen LogP contribution in [0.25, 0.3) is 0 Å². The molecule has 0 amide bonds. The highest BCUT2D eigenvalue weighted by molar-refractivity contribution is 7.86. The maximum absolute atomic E-state index is 12.3. The molecule has 26 heteroatoms. The van der Waals surface area contributed by atoms with Crippen LogP contribution in [0.4, 0.5) is 11.4 Å². The van der Waals surface area contributed by atoms with E-state index in [1.54, 1.807) is 61.1 Å². The molecule has 2 aliphatic rings. The number of carboxylic acid groups (broad SMARTS) is 1. The van der Waals surface area contributed by atoms with Crippen LogP contribution in [0.15, 0.2) is 94.4 Å². The molecule has 0 aromatic heterocycles. The lowest BCUT2D eigenvalue weighted by molar-refractivity contribution is -0.437. The zero-order valence-corrected chi connectivity index (χ0v) is 46.3. The number of allylic oxidation sites excluding steroid dienone is 8. The second-order valence-corrected chi connectivity index (χ2v) is 24.2. The maximum atomic E-state index is 12.3. The first-order chi connectivity index (χ1) is 35.8. The number of carbonyl (C=O) groups is 1. The highest BCUT2D eigenvalue weighted by Crippen LogP contribution is 2.51. The smallest absolute Gasteiger partial charge is 0.303 e. The predicted octanol–water partition coefficient (Wildman–Crippen LogP) is 4.55. The van der Waals surface area contributed by atoms with Crippen molar-refractivity contribution >= 4 is 63.5 Å². The SMILES string of the molecule is COCCOCCOCCOCCOCCOCCC1(C)C(=CC=CC=CC=CC2=[N+](CCCS(=O)(=O)O)c3ccc(S(=O)(=O)[O-])cc3C2(C)CCCS(=O)(=O)[O-])N(CCCCCC(=O)O)c2ccc(S(=O)(=O)[O-])cc21. The molecular formula is C50H70N2O20S4-2. The summed E-state index contributed by atoms with van der Waals surface area (Å²) in [7, 11) is -17.2. The Kier molecular flexibility index (Phi) is 25.5. The number of aliphatic carboxylic acids is 1. The van der Waals surface area contributed by atoms with Gasteiger partial charge in [0.1, 0.15) is 26.8 Å². The van der Waals surface area contributed by atoms with Crippen molar-refractivity contribution in [2.75, 3.05) is 109 Å². The molecule has 0 fully saturated rings. The van der Waals surface area contributed by atoms with E-state index < -0.39 is 78.6 Å². The summed E-state index contributed by atoms with van der Waals surface area (Å²) in [5.41, 5.74) is 1.12. The van der Waals surface area contributed by atoms with Crippen LogP contribution in [-0.4, -0.2) is 178 Å². The van der Waals surface area contributed by atoms with Crippen LogP contribution in [-0.2, 0) is 84.5 Å². The minimum Gasteiger partial charge on any atom is -0.748 e. The molecule has 22 nitrogen and oxygen atoms in total. The largest absolute Gasteiger partial charge is 0.748 e. The number of carboxylic acids is 1. The van der Waals surface area contributed by atoms with Gasteiger partial charge in [0.15, 0.2) is 5.71 Å². The number of unbranched alkanes of at least 4 members (excludes halogenated alkanes) is 2. The molecule has 2 aromatic rings. The number of nitrogens with zero attached hydrogens (tertiary/aromatic N) is 2. The van der Waals surface area contributed by atoms with Crippen molar-refractivity contribution in [3.63, 3.8) is 0 Å². The highest BCUT2D eigenvalue weighted by Gasteiger charge is 2.48. The first kappa shape index (κ1) is 64.3. The molecule has 0 saturated heterocycles. The average molecular weight is 1150 g/mol. The van der Waals surface area contributed by atoms with Gasteiger partial charge in [0, 0.05) is 73.4 Å². The molecule has 0 aliphatic carbocycles. The molecule has 76 heavy (non-hydrogen) atoms. The van der Waals surface area contributed by atoms with Crippen molar-refractivity contribution in [2.24, 2.45) is 0 Å². The molecule has 0 spiro atoms. The standard InChI is InChI=1S/C50H72N2O20S4/c1-49(21-12-36-73(55,56)57)42-38-40(75(61,62)63)17-19-44(42)52(24-13-37-74(58,59)60)46(49)14-8-5-4-6-9-15-47-50(2,22-25-68-28-29-70-32-33-72-35-34-71-31-30-69-27-26-67-3)43-39-41(76(64,65)66)18-20-45(43)51(47)23-11-7-10-16-48(53)54/h4-6,8-9,14-15,17-20,38-39H,7,10-13,16,21-37H2,1-3H3,(H4-,53,54,55,56,57,58,59,60,61,62,63,64,65,66)/p-2. The fourth-order valence-corrected chi connectivity index (χ4v) is 11.0. The zero-order chi connectivity index (χ0) is 56.0. The molecule has 0 radical (unpaired) electrons. The van der Waals surface area contributed by atoms with E-state index in [4.69, 9.17) is 28.4 Å². The van der Waals surface area contributed by atoms with Gasteiger partial charge in [-0.25, -0.2) is 25.3 Å². The maximum Gasteiger partial charge on any atom is 0.303 e. The molecule has 4 rings (SSSR count). The van der Waals surface area contributed by atoms with E-state index in [9.17, 15) is 61.8 Å². The van der Waals surface area contributed by atoms with Crippen LogP contribution in [0.5, 0.6) is 0 Å². The summed E-state index contributed by atoms with van der Waals surface area (Å²) >= 11 is 0. The van der Waals surface area contributed by atoms with Gasteiger partial charge in [-0.05, 0) is 87.9 Å². The summed E-state index contributed by atoms with van der Waals surface area (Å²) in [5.74, 6) is -2.25. The molecule has 2 N–H and O–H groups in total. The van der Waals surface area contributed by atoms with E-state index in [0.717, 1.165) is 11.8 Å². The Bertz CT molecular complexity index is 2870. The third-order valence-electron chi connectivity index (χ3n) is 12.7. The summed E-state index contributed by atoms with van der Waals surface area (Å²) in [6.45, 7) is 8.15. The van der Waals surface area contributed by atoms with Gasteiger partial charge in [-0.1, -0.05) is 36.8 Å². The molecule has 2 aliphatic heterocycles. The van der Waals surface area contributed by atoms with Gasteiger partial charge in [0.25, 0.3) is 10.1 Å². The molecule has 0 bridgehead atoms. The molecule has 0 saturated carbocycles. The summed E-state index contributed by atoms with van der Waals surface area (Å²) in [4.78, 5) is 12.3. The number of hydrogen-bond acceptors (Lipinski definition) is 19. The second-order valence-electron chi connectivity index (χ2n) is 18.3. The normalized spacial score (nSPS) is 18.8. The van der Waals surface area contributed by atoms with Crippen LogP contribution in [0.1, 0.15) is 76.3 Å². The molecule has 426 valence electrons. The van der Waals surface area contributed by atoms with Crippen molar-refractivity contribution in [3.05, 3.63) is 95.8 Å². The Labute approximate surface area is 447 Å². The Morgan fingerprint density at radius 1 is 0.632 bits per heavy atom. The number of hydrogen-bond donors (Lipinski definition) is 2. The van der Waals surface area contributed by atoms with Gasteiger partial charge in [-0.2, -0.15) is 13.0 Å². The van der Waals surface area contributed by atoms with Gasteiger partial charge in [0.2, 0.25) is 5.69 Å². The Balaban J connectivity index is 1.58. The molecule has 2 unspecified atom stereocenters. The van der Waals surface area contributed by atoms with E-state index in [2.05, 4.69) is 0 Å². The first-order valence-corrected chi connectivity index (χ1v) is 30.7. The fraction of sp³-hybridized carbons (Fsp3) is 0.560. The summed E-state index contributed by atoms with van der Waals surface area (Å²) < 4.78 is 176. The fourth-order valence-electron chi connectivity index (χ4n) is 9.00. The molecule has 2 aromatic carbocycles. The monoisotopic (exact) mass is 1150 g/mol. The number of benzene rings is 2. The van der Waals surface area contributed by atoms with Crippen molar-refractivity contribution in [3.8, 4) is 0 Å². The van der Waals surface area contributed by atoms with Gasteiger partial charge in [0.05, 0.1) is 97.1 Å². The Morgan fingerprint density at radius 2 is 1.17 bits per heavy atom.